The summed E-state index contributed by atoms with van der Waals surface area (Å²) in [7, 11) is 0. The second-order valence-corrected chi connectivity index (χ2v) is 17.3. The van der Waals surface area contributed by atoms with Crippen LogP contribution in [0, 0.1) is 0 Å². The van der Waals surface area contributed by atoms with Gasteiger partial charge in [-0.05, 0) is 139 Å². The summed E-state index contributed by atoms with van der Waals surface area (Å²) in [5, 5.41) is 0. The third-order valence-electron chi connectivity index (χ3n) is 14.0. The number of hydrogen-bond donors (Lipinski definition) is 0. The summed E-state index contributed by atoms with van der Waals surface area (Å²) in [6, 6.07) is 68.3. The molecule has 8 aromatic rings. The van der Waals surface area contributed by atoms with Crippen LogP contribution in [0.2, 0.25) is 0 Å². The van der Waals surface area contributed by atoms with Gasteiger partial charge in [0.2, 0.25) is 0 Å². The summed E-state index contributed by atoms with van der Waals surface area (Å²) >= 11 is 0. The van der Waals surface area contributed by atoms with Crippen molar-refractivity contribution < 1.29 is 1.37 Å². The molecule has 0 unspecified atom stereocenters. The maximum absolute atomic E-state index is 9.05. The molecule has 4 aliphatic rings. The molecule has 278 valence electrons. The first-order valence-corrected chi connectivity index (χ1v) is 21.1. The first kappa shape index (κ1) is 32.6. The van der Waals surface area contributed by atoms with E-state index in [2.05, 4.69) is 201 Å². The highest BCUT2D eigenvalue weighted by Gasteiger charge is 2.51. The molecule has 0 heterocycles. The van der Waals surface area contributed by atoms with Crippen LogP contribution >= 0.6 is 0 Å². The van der Waals surface area contributed by atoms with Gasteiger partial charge in [-0.3, -0.25) is 0 Å². The predicted molar refractivity (Wildman–Crippen MR) is 242 cm³/mol. The Morgan fingerprint density at radius 3 is 1.34 bits per heavy atom. The number of hydrogen-bond acceptors (Lipinski definition) is 1. The molecule has 0 radical (unpaired) electrons. The molecule has 58 heavy (non-hydrogen) atoms. The number of anilines is 3. The van der Waals surface area contributed by atoms with Crippen molar-refractivity contribution >= 4 is 17.1 Å². The highest BCUT2D eigenvalue weighted by Crippen LogP contribution is 2.63. The van der Waals surface area contributed by atoms with Crippen molar-refractivity contribution in [3.05, 3.63) is 221 Å². The normalized spacial score (nSPS) is 16.8. The third-order valence-corrected chi connectivity index (χ3v) is 14.0. The second kappa shape index (κ2) is 12.5. The molecule has 0 aromatic heterocycles. The van der Waals surface area contributed by atoms with Crippen LogP contribution in [0.4, 0.5) is 17.1 Å². The number of rotatable bonds is 5. The van der Waals surface area contributed by atoms with Crippen LogP contribution in [0.25, 0.3) is 44.5 Å². The molecular formula is C57H45N. The summed E-state index contributed by atoms with van der Waals surface area (Å²) in [4.78, 5) is 2.47. The zero-order valence-corrected chi connectivity index (χ0v) is 33.1. The van der Waals surface area contributed by atoms with Crippen molar-refractivity contribution in [3.8, 4) is 44.5 Å². The van der Waals surface area contributed by atoms with Gasteiger partial charge in [0.15, 0.2) is 0 Å². The monoisotopic (exact) mass is 744 g/mol. The maximum Gasteiger partial charge on any atom is 0.0726 e. The van der Waals surface area contributed by atoms with Gasteiger partial charge >= 0.3 is 0 Å². The smallest absolute Gasteiger partial charge is 0.0726 e. The van der Waals surface area contributed by atoms with Crippen LogP contribution in [-0.4, -0.2) is 0 Å². The minimum Gasteiger partial charge on any atom is -0.310 e. The van der Waals surface area contributed by atoms with Gasteiger partial charge in [0, 0.05) is 23.8 Å². The van der Waals surface area contributed by atoms with Crippen molar-refractivity contribution in [2.75, 3.05) is 4.90 Å². The summed E-state index contributed by atoms with van der Waals surface area (Å²) in [5.41, 5.74) is 22.4. The van der Waals surface area contributed by atoms with E-state index in [0.29, 0.717) is 0 Å². The van der Waals surface area contributed by atoms with Gasteiger partial charge in [-0.25, -0.2) is 0 Å². The SMILES string of the molecule is [2H]C1(c2ccc(-c3ccc(N(c4ccc5c(c4)C(C)(C)c4ccccc4-5)c4ccc5c(c4)C4(c6ccccc6-c6ccccc64)c4ccccc4-5)cc3)cc2)CCCC1. The standard InChI is InChI=1S/C57H45N/c1-56(2)50-19-9-5-15-44(50)48-33-31-42(35-54(48)56)58(41-29-27-40(28-30-41)39-25-23-38(24-26-39)37-13-3-4-14-37)43-32-34-49-47-18-8-12-22-53(47)57(55(49)36-43)51-20-10-6-16-45(51)46-17-7-11-21-52(46)57/h5-12,15-37H,3-4,13-14H2,1-2H3/i37D. The van der Waals surface area contributed by atoms with Crippen LogP contribution < -0.4 is 4.90 Å². The molecule has 12 rings (SSSR count). The predicted octanol–water partition coefficient (Wildman–Crippen LogP) is 15.1. The van der Waals surface area contributed by atoms with Gasteiger partial charge in [0.1, 0.15) is 0 Å². The Bertz CT molecular complexity index is 2920. The molecule has 1 nitrogen and oxygen atoms in total. The lowest BCUT2D eigenvalue weighted by atomic mass is 9.70. The summed E-state index contributed by atoms with van der Waals surface area (Å²) in [6.45, 7) is 4.74. The fraction of sp³-hybridized carbons (Fsp3) is 0.158. The summed E-state index contributed by atoms with van der Waals surface area (Å²) in [5.74, 6) is -0.437. The van der Waals surface area contributed by atoms with E-state index < -0.39 is 11.3 Å². The molecular weight excluding hydrogens is 699 g/mol. The van der Waals surface area contributed by atoms with Gasteiger partial charge in [-0.2, -0.15) is 0 Å². The fourth-order valence-electron chi connectivity index (χ4n) is 11.3. The van der Waals surface area contributed by atoms with E-state index in [-0.39, 0.29) is 5.41 Å². The first-order valence-electron chi connectivity index (χ1n) is 21.6. The van der Waals surface area contributed by atoms with Crippen molar-refractivity contribution in [2.24, 2.45) is 0 Å². The average Bonchev–Trinajstić information content (AvgIpc) is 4.01. The Kier molecular flexibility index (Phi) is 7.05. The highest BCUT2D eigenvalue weighted by molar-refractivity contribution is 5.96. The van der Waals surface area contributed by atoms with Crippen LogP contribution in [0.3, 0.4) is 0 Å². The van der Waals surface area contributed by atoms with E-state index >= 15 is 0 Å². The van der Waals surface area contributed by atoms with E-state index in [1.54, 1.807) is 0 Å². The minimum absolute atomic E-state index is 0.124. The molecule has 1 spiro atoms. The van der Waals surface area contributed by atoms with Gasteiger partial charge < -0.3 is 4.90 Å². The Labute approximate surface area is 343 Å². The zero-order chi connectivity index (χ0) is 39.5. The number of benzene rings is 8. The van der Waals surface area contributed by atoms with Crippen LogP contribution in [0.15, 0.2) is 182 Å². The van der Waals surface area contributed by atoms with E-state index in [1.165, 1.54) is 77.9 Å². The highest BCUT2D eigenvalue weighted by atomic mass is 15.1. The summed E-state index contributed by atoms with van der Waals surface area (Å²) in [6.07, 6.45) is 4.21. The van der Waals surface area contributed by atoms with Gasteiger partial charge in [-0.15, -0.1) is 0 Å². The Hall–Kier alpha value is -6.44. The molecule has 0 N–H and O–H groups in total. The average molecular weight is 745 g/mol. The molecule has 1 fully saturated rings. The molecule has 0 amide bonds. The minimum atomic E-state index is -0.437. The topological polar surface area (TPSA) is 3.24 Å². The van der Waals surface area contributed by atoms with Gasteiger partial charge in [0.05, 0.1) is 5.41 Å². The molecule has 4 aliphatic carbocycles. The van der Waals surface area contributed by atoms with Crippen LogP contribution in [0.1, 0.15) is 85.7 Å². The number of nitrogens with zero attached hydrogens (tertiary/aromatic N) is 1. The van der Waals surface area contributed by atoms with Crippen molar-refractivity contribution in [3.63, 3.8) is 0 Å². The molecule has 8 aromatic carbocycles. The van der Waals surface area contributed by atoms with Crippen molar-refractivity contribution in [1.82, 2.24) is 0 Å². The molecule has 1 heteroatoms. The molecule has 0 atom stereocenters. The van der Waals surface area contributed by atoms with E-state index in [0.717, 1.165) is 48.3 Å². The third kappa shape index (κ3) is 4.65. The first-order chi connectivity index (χ1) is 28.9. The fourth-order valence-corrected chi connectivity index (χ4v) is 11.3. The molecule has 0 saturated heterocycles. The lowest BCUT2D eigenvalue weighted by Gasteiger charge is -2.32. The number of fused-ring (bicyclic) bond motifs is 13. The lowest BCUT2D eigenvalue weighted by Crippen LogP contribution is -2.26. The van der Waals surface area contributed by atoms with E-state index in [9.17, 15) is 0 Å². The summed E-state index contributed by atoms with van der Waals surface area (Å²) < 4.78 is 9.05. The van der Waals surface area contributed by atoms with E-state index in [1.807, 2.05) is 0 Å². The largest absolute Gasteiger partial charge is 0.310 e. The Morgan fingerprint density at radius 1 is 0.414 bits per heavy atom. The van der Waals surface area contributed by atoms with Crippen LogP contribution in [-0.2, 0) is 10.8 Å². The van der Waals surface area contributed by atoms with Crippen LogP contribution in [0.5, 0.6) is 0 Å². The molecule has 1 saturated carbocycles. The molecule has 0 aliphatic heterocycles. The molecule has 0 bridgehead atoms. The van der Waals surface area contributed by atoms with Crippen molar-refractivity contribution in [2.45, 2.75) is 56.3 Å². The van der Waals surface area contributed by atoms with Crippen molar-refractivity contribution in [1.29, 1.82) is 0 Å². The maximum atomic E-state index is 9.05. The van der Waals surface area contributed by atoms with Gasteiger partial charge in [0.25, 0.3) is 0 Å². The quantitative estimate of drug-likeness (QED) is 0.170. The Morgan fingerprint density at radius 2 is 0.810 bits per heavy atom. The van der Waals surface area contributed by atoms with Gasteiger partial charge in [-0.1, -0.05) is 172 Å². The zero-order valence-electron chi connectivity index (χ0n) is 34.1. The lowest BCUT2D eigenvalue weighted by molar-refractivity contribution is 0.660. The second-order valence-electron chi connectivity index (χ2n) is 17.3. The van der Waals surface area contributed by atoms with E-state index in [4.69, 9.17) is 1.37 Å². The Balaban J connectivity index is 1.04.